The van der Waals surface area contributed by atoms with Gasteiger partial charge in [0.2, 0.25) is 0 Å². The molecular weight excluding hydrogens is 340 g/mol. The van der Waals surface area contributed by atoms with Crippen molar-refractivity contribution in [2.75, 3.05) is 0 Å². The molecule has 0 spiro atoms. The van der Waals surface area contributed by atoms with Crippen LogP contribution >= 0.6 is 0 Å². The molecule has 0 N–H and O–H groups in total. The summed E-state index contributed by atoms with van der Waals surface area (Å²) in [4.78, 5) is 7.57. The van der Waals surface area contributed by atoms with E-state index in [4.69, 9.17) is 0 Å². The van der Waals surface area contributed by atoms with Crippen LogP contribution in [0.15, 0.2) is 122 Å². The average Bonchev–Trinajstić information content (AvgIpc) is 2.80. The number of hydrogen-bond donors (Lipinski definition) is 0. The summed E-state index contributed by atoms with van der Waals surface area (Å²) in [5.74, 6) is 0. The fraction of sp³-hybridized carbons (Fsp3) is 0.154. The first-order valence-electron chi connectivity index (χ1n) is 9.52. The minimum Gasteiger partial charge on any atom is -0.265 e. The smallest absolute Gasteiger partial charge is 0.0267 e. The van der Waals surface area contributed by atoms with Crippen molar-refractivity contribution in [3.63, 3.8) is 0 Å². The Bertz CT molecular complexity index is 620. The third kappa shape index (κ3) is 17.6. The lowest BCUT2D eigenvalue weighted by molar-refractivity contribution is 1.33. The van der Waals surface area contributed by atoms with Crippen molar-refractivity contribution < 1.29 is 0 Å². The minimum atomic E-state index is 1.32. The van der Waals surface area contributed by atoms with Crippen molar-refractivity contribution in [3.05, 3.63) is 133 Å². The molecule has 0 saturated carbocycles. The summed E-state index contributed by atoms with van der Waals surface area (Å²) < 4.78 is 0. The lowest BCUT2D eigenvalue weighted by Crippen LogP contribution is -1.62. The quantitative estimate of drug-likeness (QED) is 0.327. The summed E-state index contributed by atoms with van der Waals surface area (Å²) in [6.07, 6.45) is 7.00. The number of nitrogens with zero attached hydrogens (tertiary/aromatic N) is 2. The van der Waals surface area contributed by atoms with Crippen molar-refractivity contribution in [2.24, 2.45) is 0 Å². The first-order chi connectivity index (χ1) is 13.8. The lowest BCUT2D eigenvalue weighted by atomic mass is 10.2. The van der Waals surface area contributed by atoms with Gasteiger partial charge in [0.15, 0.2) is 0 Å². The van der Waals surface area contributed by atoms with Gasteiger partial charge in [0.05, 0.1) is 0 Å². The zero-order chi connectivity index (χ0) is 20.7. The SMILES string of the molecule is CC.Cc1ccccc1.Cc1ccccc1.c1ccncc1.c1ccncc1. The van der Waals surface area contributed by atoms with Crippen LogP contribution in [0.2, 0.25) is 0 Å². The molecule has 0 amide bonds. The lowest BCUT2D eigenvalue weighted by Gasteiger charge is -1.82. The second-order valence-corrected chi connectivity index (χ2v) is 5.36. The number of aromatic nitrogens is 2. The van der Waals surface area contributed by atoms with Crippen molar-refractivity contribution in [1.29, 1.82) is 0 Å². The van der Waals surface area contributed by atoms with E-state index >= 15 is 0 Å². The summed E-state index contributed by atoms with van der Waals surface area (Å²) in [5, 5.41) is 0. The second-order valence-electron chi connectivity index (χ2n) is 5.36. The van der Waals surface area contributed by atoms with Gasteiger partial charge in [-0.3, -0.25) is 9.97 Å². The topological polar surface area (TPSA) is 25.8 Å². The molecule has 0 atom stereocenters. The predicted octanol–water partition coefficient (Wildman–Crippen LogP) is 7.18. The maximum atomic E-state index is 3.78. The first-order valence-corrected chi connectivity index (χ1v) is 9.52. The number of benzene rings is 2. The molecule has 0 aliphatic rings. The molecule has 2 heterocycles. The van der Waals surface area contributed by atoms with Gasteiger partial charge in [-0.15, -0.1) is 0 Å². The molecule has 0 fully saturated rings. The van der Waals surface area contributed by atoms with Gasteiger partial charge in [-0.1, -0.05) is 97.8 Å². The van der Waals surface area contributed by atoms with E-state index in [9.17, 15) is 0 Å². The molecule has 0 aliphatic heterocycles. The van der Waals surface area contributed by atoms with Gasteiger partial charge in [0.25, 0.3) is 0 Å². The van der Waals surface area contributed by atoms with Crippen LogP contribution in [0.5, 0.6) is 0 Å². The fourth-order valence-corrected chi connectivity index (χ4v) is 1.69. The van der Waals surface area contributed by atoms with E-state index in [-0.39, 0.29) is 0 Å². The highest BCUT2D eigenvalue weighted by molar-refractivity contribution is 5.12. The van der Waals surface area contributed by atoms with Gasteiger partial charge in [0.1, 0.15) is 0 Å². The number of pyridine rings is 2. The molecule has 0 saturated heterocycles. The Morgan fingerprint density at radius 3 is 0.750 bits per heavy atom. The largest absolute Gasteiger partial charge is 0.265 e. The van der Waals surface area contributed by atoms with E-state index in [1.807, 2.05) is 86.6 Å². The standard InChI is InChI=1S/2C7H8.2C5H5N.C2H6/c2*1-7-5-3-2-4-6-7;2*1-2-4-6-5-3-1;1-2/h2*2-6H,1H3;2*1-5H;1-2H3. The van der Waals surface area contributed by atoms with Gasteiger partial charge in [-0.25, -0.2) is 0 Å². The van der Waals surface area contributed by atoms with E-state index in [0.717, 1.165) is 0 Å². The predicted molar refractivity (Wildman–Crippen MR) is 122 cm³/mol. The highest BCUT2D eigenvalue weighted by atomic mass is 14.6. The molecule has 0 radical (unpaired) electrons. The summed E-state index contributed by atoms with van der Waals surface area (Å²) >= 11 is 0. The van der Waals surface area contributed by atoms with Crippen LogP contribution in [-0.2, 0) is 0 Å². The Balaban J connectivity index is 0.000000338. The van der Waals surface area contributed by atoms with Crippen LogP contribution in [0.3, 0.4) is 0 Å². The minimum absolute atomic E-state index is 1.32. The van der Waals surface area contributed by atoms with Crippen LogP contribution in [0.25, 0.3) is 0 Å². The highest BCUT2D eigenvalue weighted by Gasteiger charge is 1.72. The number of aryl methyl sites for hydroxylation is 2. The summed E-state index contributed by atoms with van der Waals surface area (Å²) in [6, 6.07) is 32.0. The van der Waals surface area contributed by atoms with Gasteiger partial charge >= 0.3 is 0 Å². The van der Waals surface area contributed by atoms with Gasteiger partial charge in [0, 0.05) is 24.8 Å². The monoisotopic (exact) mass is 372 g/mol. The summed E-state index contributed by atoms with van der Waals surface area (Å²) in [7, 11) is 0. The van der Waals surface area contributed by atoms with E-state index in [1.165, 1.54) is 11.1 Å². The summed E-state index contributed by atoms with van der Waals surface area (Å²) in [5.41, 5.74) is 2.64. The van der Waals surface area contributed by atoms with Crippen molar-refractivity contribution in [1.82, 2.24) is 9.97 Å². The zero-order valence-corrected chi connectivity index (χ0v) is 17.4. The van der Waals surface area contributed by atoms with E-state index in [2.05, 4.69) is 48.1 Å². The molecular formula is C26H32N2. The molecule has 0 aliphatic carbocycles. The Labute approximate surface area is 171 Å². The van der Waals surface area contributed by atoms with E-state index in [1.54, 1.807) is 24.8 Å². The maximum Gasteiger partial charge on any atom is 0.0267 e. The molecule has 0 bridgehead atoms. The Kier molecular flexibility index (Phi) is 17.7. The molecule has 28 heavy (non-hydrogen) atoms. The number of hydrogen-bond acceptors (Lipinski definition) is 2. The molecule has 2 aromatic heterocycles. The summed E-state index contributed by atoms with van der Waals surface area (Å²) in [6.45, 7) is 8.17. The van der Waals surface area contributed by atoms with Crippen LogP contribution in [0.4, 0.5) is 0 Å². The van der Waals surface area contributed by atoms with Crippen LogP contribution in [0.1, 0.15) is 25.0 Å². The average molecular weight is 373 g/mol. The number of rotatable bonds is 0. The Morgan fingerprint density at radius 1 is 0.393 bits per heavy atom. The van der Waals surface area contributed by atoms with E-state index < -0.39 is 0 Å². The highest BCUT2D eigenvalue weighted by Crippen LogP contribution is 1.92. The molecule has 2 aromatic carbocycles. The van der Waals surface area contributed by atoms with Gasteiger partial charge in [-0.2, -0.15) is 0 Å². The molecule has 2 heteroatoms. The second kappa shape index (κ2) is 20.1. The third-order valence-electron chi connectivity index (χ3n) is 3.01. The fourth-order valence-electron chi connectivity index (χ4n) is 1.69. The van der Waals surface area contributed by atoms with Crippen LogP contribution in [-0.4, -0.2) is 9.97 Å². The molecule has 146 valence electrons. The normalized spacial score (nSPS) is 8.00. The Hall–Kier alpha value is -3.26. The van der Waals surface area contributed by atoms with Crippen LogP contribution in [0, 0.1) is 13.8 Å². The molecule has 0 unspecified atom stereocenters. The van der Waals surface area contributed by atoms with Crippen LogP contribution < -0.4 is 0 Å². The van der Waals surface area contributed by atoms with Gasteiger partial charge < -0.3 is 0 Å². The molecule has 4 rings (SSSR count). The molecule has 2 nitrogen and oxygen atoms in total. The zero-order valence-electron chi connectivity index (χ0n) is 17.4. The maximum absolute atomic E-state index is 3.78. The third-order valence-corrected chi connectivity index (χ3v) is 3.01. The van der Waals surface area contributed by atoms with Gasteiger partial charge in [-0.05, 0) is 38.1 Å². The van der Waals surface area contributed by atoms with Crippen molar-refractivity contribution >= 4 is 0 Å². The molecule has 4 aromatic rings. The van der Waals surface area contributed by atoms with Crippen molar-refractivity contribution in [3.8, 4) is 0 Å². The Morgan fingerprint density at radius 2 is 0.643 bits per heavy atom. The van der Waals surface area contributed by atoms with E-state index in [0.29, 0.717) is 0 Å². The first kappa shape index (κ1) is 24.7. The van der Waals surface area contributed by atoms with Crippen molar-refractivity contribution in [2.45, 2.75) is 27.7 Å².